The fraction of sp³-hybridized carbons (Fsp3) is 0.333. The van der Waals surface area contributed by atoms with E-state index in [0.717, 1.165) is 18.4 Å². The van der Waals surface area contributed by atoms with Crippen molar-refractivity contribution in [2.75, 3.05) is 24.4 Å². The highest BCUT2D eigenvalue weighted by Gasteiger charge is 2.22. The average Bonchev–Trinajstić information content (AvgIpc) is 3.22. The highest BCUT2D eigenvalue weighted by atomic mass is 32.2. The minimum atomic E-state index is -3.88. The average molecular weight is 416 g/mol. The Bertz CT molecular complexity index is 1010. The van der Waals surface area contributed by atoms with Crippen molar-refractivity contribution in [1.29, 1.82) is 0 Å². The monoisotopic (exact) mass is 416 g/mol. The summed E-state index contributed by atoms with van der Waals surface area (Å²) in [6.45, 7) is 4.59. The third kappa shape index (κ3) is 5.14. The Hall–Kier alpha value is -2.87. The van der Waals surface area contributed by atoms with E-state index in [1.54, 1.807) is 42.2 Å². The molecule has 1 N–H and O–H groups in total. The lowest BCUT2D eigenvalue weighted by Gasteiger charge is -2.15. The summed E-state index contributed by atoms with van der Waals surface area (Å²) in [5, 5.41) is 0. The first kappa shape index (κ1) is 20.9. The van der Waals surface area contributed by atoms with Crippen LogP contribution in [-0.4, -0.2) is 44.9 Å². The molecule has 1 aliphatic rings. The first-order chi connectivity index (χ1) is 13.8. The van der Waals surface area contributed by atoms with Gasteiger partial charge in [-0.05, 0) is 56.5 Å². The van der Waals surface area contributed by atoms with Gasteiger partial charge in [0, 0.05) is 18.8 Å². The van der Waals surface area contributed by atoms with Gasteiger partial charge in [0.2, 0.25) is 0 Å². The van der Waals surface area contributed by atoms with Gasteiger partial charge in [-0.25, -0.2) is 13.2 Å². The lowest BCUT2D eigenvalue weighted by molar-refractivity contribution is -0.133. The topological polar surface area (TPSA) is 92.8 Å². The zero-order valence-corrected chi connectivity index (χ0v) is 17.3. The smallest absolute Gasteiger partial charge is 0.338 e. The fourth-order valence-electron chi connectivity index (χ4n) is 3.09. The summed E-state index contributed by atoms with van der Waals surface area (Å²) in [4.78, 5) is 26.1. The zero-order valence-electron chi connectivity index (χ0n) is 16.5. The van der Waals surface area contributed by atoms with E-state index in [-0.39, 0.29) is 23.0 Å². The van der Waals surface area contributed by atoms with Gasteiger partial charge in [-0.15, -0.1) is 0 Å². The van der Waals surface area contributed by atoms with Crippen LogP contribution in [-0.2, 0) is 19.6 Å². The molecule has 7 nitrogen and oxygen atoms in total. The molecule has 1 heterocycles. The van der Waals surface area contributed by atoms with Gasteiger partial charge < -0.3 is 9.64 Å². The highest BCUT2D eigenvalue weighted by Crippen LogP contribution is 2.20. The molecule has 0 aliphatic carbocycles. The van der Waals surface area contributed by atoms with Crippen LogP contribution in [0.1, 0.15) is 34.3 Å². The molecular weight excluding hydrogens is 392 g/mol. The molecule has 0 bridgehead atoms. The summed E-state index contributed by atoms with van der Waals surface area (Å²) in [6, 6.07) is 11.2. The molecule has 1 aliphatic heterocycles. The largest absolute Gasteiger partial charge is 0.452 e. The summed E-state index contributed by atoms with van der Waals surface area (Å²) in [6.07, 6.45) is 1.90. The second-order valence-electron chi connectivity index (χ2n) is 7.11. The fourth-order valence-corrected chi connectivity index (χ4v) is 4.17. The Balaban J connectivity index is 1.73. The van der Waals surface area contributed by atoms with E-state index in [9.17, 15) is 18.0 Å². The van der Waals surface area contributed by atoms with E-state index in [2.05, 4.69) is 4.72 Å². The lowest BCUT2D eigenvalue weighted by atomic mass is 10.1. The van der Waals surface area contributed by atoms with Crippen LogP contribution < -0.4 is 4.72 Å². The number of rotatable bonds is 6. The van der Waals surface area contributed by atoms with E-state index in [1.807, 2.05) is 6.92 Å². The molecule has 1 saturated heterocycles. The van der Waals surface area contributed by atoms with Gasteiger partial charge in [0.05, 0.1) is 10.5 Å². The van der Waals surface area contributed by atoms with E-state index in [4.69, 9.17) is 4.74 Å². The zero-order chi connectivity index (χ0) is 21.0. The second-order valence-corrected chi connectivity index (χ2v) is 8.79. The van der Waals surface area contributed by atoms with Crippen LogP contribution in [0.25, 0.3) is 0 Å². The predicted molar refractivity (Wildman–Crippen MR) is 109 cm³/mol. The molecule has 154 valence electrons. The summed E-state index contributed by atoms with van der Waals surface area (Å²) in [5.41, 5.74) is 2.12. The van der Waals surface area contributed by atoms with E-state index in [0.29, 0.717) is 24.3 Å². The third-order valence-corrected chi connectivity index (χ3v) is 6.21. The summed E-state index contributed by atoms with van der Waals surface area (Å²) in [7, 11) is -3.88. The molecule has 1 fully saturated rings. The van der Waals surface area contributed by atoms with Crippen molar-refractivity contribution in [2.45, 2.75) is 31.6 Å². The Morgan fingerprint density at radius 3 is 2.34 bits per heavy atom. The first-order valence-corrected chi connectivity index (χ1v) is 10.9. The highest BCUT2D eigenvalue weighted by molar-refractivity contribution is 7.92. The molecular formula is C21H24N2O5S. The van der Waals surface area contributed by atoms with Crippen molar-refractivity contribution in [3.63, 3.8) is 0 Å². The van der Waals surface area contributed by atoms with Crippen molar-refractivity contribution >= 4 is 27.6 Å². The Labute approximate surface area is 170 Å². The van der Waals surface area contributed by atoms with Gasteiger partial charge in [-0.2, -0.15) is 0 Å². The van der Waals surface area contributed by atoms with E-state index in [1.165, 1.54) is 12.1 Å². The number of carbonyl (C=O) groups excluding carboxylic acids is 2. The molecule has 0 atom stereocenters. The number of ether oxygens (including phenoxy) is 1. The standard InChI is InChI=1S/C21H24N2O5S/c1-15-5-8-17(9-6-15)22-29(26,27)18-10-7-16(2)19(13-18)21(25)28-14-20(24)23-11-3-4-12-23/h5-10,13,22H,3-4,11-12,14H2,1-2H3. The molecule has 3 rings (SSSR count). The number of nitrogens with one attached hydrogen (secondary N) is 1. The Morgan fingerprint density at radius 2 is 1.69 bits per heavy atom. The van der Waals surface area contributed by atoms with Crippen molar-refractivity contribution in [3.05, 3.63) is 59.2 Å². The summed E-state index contributed by atoms with van der Waals surface area (Å²) >= 11 is 0. The van der Waals surface area contributed by atoms with Gasteiger partial charge in [0.15, 0.2) is 6.61 Å². The number of anilines is 1. The Kier molecular flexibility index (Phi) is 6.22. The maximum absolute atomic E-state index is 12.7. The van der Waals surface area contributed by atoms with Gasteiger partial charge in [0.25, 0.3) is 15.9 Å². The quantitative estimate of drug-likeness (QED) is 0.731. The maximum Gasteiger partial charge on any atom is 0.338 e. The van der Waals surface area contributed by atoms with Crippen LogP contribution in [0.4, 0.5) is 5.69 Å². The number of carbonyl (C=O) groups is 2. The Morgan fingerprint density at radius 1 is 1.03 bits per heavy atom. The molecule has 8 heteroatoms. The second kappa shape index (κ2) is 8.65. The predicted octanol–water partition coefficient (Wildman–Crippen LogP) is 2.88. The SMILES string of the molecule is Cc1ccc(NS(=O)(=O)c2ccc(C)c(C(=O)OCC(=O)N3CCCC3)c2)cc1. The lowest BCUT2D eigenvalue weighted by Crippen LogP contribution is -2.32. The van der Waals surface area contributed by atoms with Crippen molar-refractivity contribution < 1.29 is 22.7 Å². The van der Waals surface area contributed by atoms with Gasteiger partial charge in [-0.3, -0.25) is 9.52 Å². The van der Waals surface area contributed by atoms with Crippen LogP contribution >= 0.6 is 0 Å². The van der Waals surface area contributed by atoms with Crippen LogP contribution in [0.3, 0.4) is 0 Å². The van der Waals surface area contributed by atoms with Crippen LogP contribution in [0.2, 0.25) is 0 Å². The number of hydrogen-bond acceptors (Lipinski definition) is 5. The molecule has 0 radical (unpaired) electrons. The maximum atomic E-state index is 12.7. The number of sulfonamides is 1. The summed E-state index contributed by atoms with van der Waals surface area (Å²) in [5.74, 6) is -0.958. The van der Waals surface area contributed by atoms with Crippen molar-refractivity contribution in [3.8, 4) is 0 Å². The number of amides is 1. The molecule has 0 saturated carbocycles. The van der Waals surface area contributed by atoms with E-state index < -0.39 is 16.0 Å². The number of aryl methyl sites for hydroxylation is 2. The molecule has 0 aromatic heterocycles. The van der Waals surface area contributed by atoms with Crippen molar-refractivity contribution in [2.24, 2.45) is 0 Å². The number of nitrogens with zero attached hydrogens (tertiary/aromatic N) is 1. The van der Waals surface area contributed by atoms with Crippen LogP contribution in [0, 0.1) is 13.8 Å². The van der Waals surface area contributed by atoms with E-state index >= 15 is 0 Å². The number of esters is 1. The number of hydrogen-bond donors (Lipinski definition) is 1. The summed E-state index contributed by atoms with van der Waals surface area (Å²) < 4.78 is 33.0. The number of benzene rings is 2. The van der Waals surface area contributed by atoms with Crippen LogP contribution in [0.15, 0.2) is 47.4 Å². The molecule has 29 heavy (non-hydrogen) atoms. The molecule has 1 amide bonds. The van der Waals surface area contributed by atoms with Crippen molar-refractivity contribution in [1.82, 2.24) is 4.90 Å². The molecule has 2 aromatic carbocycles. The minimum absolute atomic E-state index is 0.0542. The third-order valence-electron chi connectivity index (χ3n) is 4.83. The number of likely N-dealkylation sites (tertiary alicyclic amines) is 1. The van der Waals surface area contributed by atoms with Gasteiger partial charge in [-0.1, -0.05) is 23.8 Å². The van der Waals surface area contributed by atoms with Gasteiger partial charge in [0.1, 0.15) is 0 Å². The van der Waals surface area contributed by atoms with Gasteiger partial charge >= 0.3 is 5.97 Å². The molecule has 0 spiro atoms. The van der Waals surface area contributed by atoms with Crippen LogP contribution in [0.5, 0.6) is 0 Å². The molecule has 0 unspecified atom stereocenters. The molecule has 2 aromatic rings. The first-order valence-electron chi connectivity index (χ1n) is 9.41. The minimum Gasteiger partial charge on any atom is -0.452 e. The normalized spacial score (nSPS) is 13.9.